The summed E-state index contributed by atoms with van der Waals surface area (Å²) in [6.07, 6.45) is 1.11. The Hall–Kier alpha value is -1.06. The summed E-state index contributed by atoms with van der Waals surface area (Å²) in [7, 11) is 0. The van der Waals surface area contributed by atoms with Gasteiger partial charge in [0.1, 0.15) is 6.20 Å². The predicted octanol–water partition coefficient (Wildman–Crippen LogP) is -0.225. The lowest BCUT2D eigenvalue weighted by Crippen LogP contribution is -1.53. The highest BCUT2D eigenvalue weighted by Gasteiger charge is 1.83. The van der Waals surface area contributed by atoms with Crippen molar-refractivity contribution in [2.24, 2.45) is 0 Å². The number of nitrogens with zero attached hydrogens (tertiary/aromatic N) is 2. The normalized spacial score (nSPS) is 8.67. The van der Waals surface area contributed by atoms with E-state index in [1.807, 2.05) is 0 Å². The first-order valence-corrected chi connectivity index (χ1v) is 1.36. The summed E-state index contributed by atoms with van der Waals surface area (Å²) in [5.74, 6) is -0.255. The Morgan fingerprint density at radius 3 is 2.83 bits per heavy atom. The molecule has 1 aromatic rings. The third kappa shape index (κ3) is 0.314. The minimum Gasteiger partial charge on any atom is -0.478 e. The lowest BCUT2D eigenvalue weighted by molar-refractivity contribution is 0.270. The minimum absolute atomic E-state index is 0.255. The molecule has 4 nitrogen and oxygen atoms in total. The van der Waals surface area contributed by atoms with Gasteiger partial charge >= 0.3 is 5.95 Å². The summed E-state index contributed by atoms with van der Waals surface area (Å²) < 4.78 is 4.03. The summed E-state index contributed by atoms with van der Waals surface area (Å²) in [5.41, 5.74) is 0. The van der Waals surface area contributed by atoms with Gasteiger partial charge in [-0.3, -0.25) is 4.52 Å². The third-order valence-electron chi connectivity index (χ3n) is 0.350. The Labute approximate surface area is 33.4 Å². The molecular formula is C2H2N2O2. The molecule has 0 aliphatic rings. The van der Waals surface area contributed by atoms with E-state index in [0.717, 1.165) is 6.20 Å². The highest BCUT2D eigenvalue weighted by molar-refractivity contribution is 4.86. The van der Waals surface area contributed by atoms with E-state index in [2.05, 4.69) is 14.9 Å². The maximum absolute atomic E-state index is 8.18. The molecule has 0 spiro atoms. The van der Waals surface area contributed by atoms with Crippen LogP contribution in [0.4, 0.5) is 0 Å². The van der Waals surface area contributed by atoms with Gasteiger partial charge in [0.2, 0.25) is 0 Å². The first-order chi connectivity index (χ1) is 2.89. The summed E-state index contributed by atoms with van der Waals surface area (Å²) >= 11 is 0. The molecule has 4 heteroatoms. The van der Waals surface area contributed by atoms with Crippen LogP contribution in [0.5, 0.6) is 5.95 Å². The summed E-state index contributed by atoms with van der Waals surface area (Å²) in [6.45, 7) is 0. The van der Waals surface area contributed by atoms with Crippen LogP contribution in [0.1, 0.15) is 0 Å². The molecule has 0 fully saturated rings. The van der Waals surface area contributed by atoms with Crippen LogP contribution in [0.3, 0.4) is 0 Å². The topological polar surface area (TPSA) is 59.2 Å². The maximum Gasteiger partial charge on any atom is 0.329 e. The number of aromatic hydroxyl groups is 1. The first-order valence-electron chi connectivity index (χ1n) is 1.36. The highest BCUT2D eigenvalue weighted by Crippen LogP contribution is 1.97. The van der Waals surface area contributed by atoms with E-state index in [0.29, 0.717) is 0 Å². The third-order valence-corrected chi connectivity index (χ3v) is 0.350. The van der Waals surface area contributed by atoms with Crippen molar-refractivity contribution in [1.82, 2.24) is 10.4 Å². The van der Waals surface area contributed by atoms with Crippen molar-refractivity contribution in [3.8, 4) is 5.95 Å². The molecule has 6 heavy (non-hydrogen) atoms. The van der Waals surface area contributed by atoms with Gasteiger partial charge in [0.05, 0.1) is 0 Å². The van der Waals surface area contributed by atoms with E-state index < -0.39 is 0 Å². The largest absolute Gasteiger partial charge is 0.478 e. The van der Waals surface area contributed by atoms with Crippen molar-refractivity contribution in [3.05, 3.63) is 6.20 Å². The number of hydrogen-bond donors (Lipinski definition) is 1. The second-order valence-corrected chi connectivity index (χ2v) is 0.756. The number of aromatic nitrogens is 2. The molecule has 0 atom stereocenters. The van der Waals surface area contributed by atoms with E-state index >= 15 is 0 Å². The maximum atomic E-state index is 8.18. The van der Waals surface area contributed by atoms with Crippen LogP contribution >= 0.6 is 0 Å². The molecule has 0 aliphatic carbocycles. The zero-order valence-electron chi connectivity index (χ0n) is 2.83. The SMILES string of the molecule is Oc1cnno1. The Bertz CT molecular complexity index is 113. The summed E-state index contributed by atoms with van der Waals surface area (Å²) in [6, 6.07) is 0. The zero-order chi connectivity index (χ0) is 4.41. The molecule has 0 unspecified atom stereocenters. The monoisotopic (exact) mass is 86.0 g/mol. The van der Waals surface area contributed by atoms with Gasteiger partial charge in [-0.2, -0.15) is 0 Å². The fourth-order valence-electron chi connectivity index (χ4n) is 0.162. The zero-order valence-corrected chi connectivity index (χ0v) is 2.83. The molecule has 0 bridgehead atoms. The molecule has 0 amide bonds. The summed E-state index contributed by atoms with van der Waals surface area (Å²) in [5, 5.41) is 14.3. The van der Waals surface area contributed by atoms with Crippen LogP contribution in [-0.4, -0.2) is 15.5 Å². The van der Waals surface area contributed by atoms with Crippen molar-refractivity contribution >= 4 is 0 Å². The Morgan fingerprint density at radius 2 is 2.67 bits per heavy atom. The minimum atomic E-state index is -0.255. The summed E-state index contributed by atoms with van der Waals surface area (Å²) in [4.78, 5) is 0. The van der Waals surface area contributed by atoms with Gasteiger partial charge in [-0.15, -0.1) is 5.10 Å². The molecule has 1 rings (SSSR count). The second-order valence-electron chi connectivity index (χ2n) is 0.756. The molecule has 1 heterocycles. The lowest BCUT2D eigenvalue weighted by Gasteiger charge is -1.63. The Morgan fingerprint density at radius 1 is 1.83 bits per heavy atom. The van der Waals surface area contributed by atoms with Crippen LogP contribution in [-0.2, 0) is 0 Å². The Kier molecular flexibility index (Phi) is 0.506. The van der Waals surface area contributed by atoms with Crippen molar-refractivity contribution in [3.63, 3.8) is 0 Å². The average Bonchev–Trinajstić information content (AvgIpc) is 1.86. The molecule has 0 saturated carbocycles. The van der Waals surface area contributed by atoms with Gasteiger partial charge in [0.15, 0.2) is 0 Å². The van der Waals surface area contributed by atoms with E-state index in [9.17, 15) is 0 Å². The van der Waals surface area contributed by atoms with Crippen molar-refractivity contribution in [1.29, 1.82) is 0 Å². The average molecular weight is 86.0 g/mol. The van der Waals surface area contributed by atoms with Crippen molar-refractivity contribution in [2.75, 3.05) is 0 Å². The standard InChI is InChI=1S/C2H2N2O2/c5-2-1-3-4-6-2/h1,5H. The van der Waals surface area contributed by atoms with E-state index in [1.165, 1.54) is 0 Å². The molecule has 1 aromatic heterocycles. The molecular weight excluding hydrogens is 84.0 g/mol. The van der Waals surface area contributed by atoms with Crippen LogP contribution < -0.4 is 0 Å². The smallest absolute Gasteiger partial charge is 0.329 e. The quantitative estimate of drug-likeness (QED) is 0.474. The van der Waals surface area contributed by atoms with Crippen molar-refractivity contribution < 1.29 is 9.63 Å². The molecule has 0 saturated heterocycles. The van der Waals surface area contributed by atoms with Gasteiger partial charge in [-0.1, -0.05) is 0 Å². The van der Waals surface area contributed by atoms with Gasteiger partial charge in [0.25, 0.3) is 0 Å². The van der Waals surface area contributed by atoms with E-state index in [1.54, 1.807) is 0 Å². The predicted molar refractivity (Wildman–Crippen MR) is 16.0 cm³/mol. The molecule has 0 radical (unpaired) electrons. The van der Waals surface area contributed by atoms with Crippen LogP contribution in [0.15, 0.2) is 10.7 Å². The van der Waals surface area contributed by atoms with Gasteiger partial charge in [-0.25, -0.2) is 0 Å². The molecule has 1 N–H and O–H groups in total. The van der Waals surface area contributed by atoms with E-state index in [4.69, 9.17) is 5.11 Å². The lowest BCUT2D eigenvalue weighted by atomic mass is 10.9. The first kappa shape index (κ1) is 3.14. The second kappa shape index (κ2) is 0.965. The van der Waals surface area contributed by atoms with Crippen LogP contribution in [0, 0.1) is 0 Å². The number of hydrogen-bond acceptors (Lipinski definition) is 4. The van der Waals surface area contributed by atoms with Gasteiger partial charge < -0.3 is 5.11 Å². The van der Waals surface area contributed by atoms with Gasteiger partial charge in [0, 0.05) is 5.27 Å². The van der Waals surface area contributed by atoms with Crippen LogP contribution in [0.25, 0.3) is 0 Å². The molecule has 0 aliphatic heterocycles. The molecule has 0 aromatic carbocycles. The highest BCUT2D eigenvalue weighted by atomic mass is 16.6. The fraction of sp³-hybridized carbons (Fsp3) is 0. The van der Waals surface area contributed by atoms with E-state index in [-0.39, 0.29) is 5.95 Å². The Balaban J connectivity index is 3.05. The molecule has 32 valence electrons. The fourth-order valence-corrected chi connectivity index (χ4v) is 0.162. The van der Waals surface area contributed by atoms with Crippen molar-refractivity contribution in [2.45, 2.75) is 0 Å². The van der Waals surface area contributed by atoms with Crippen LogP contribution in [0.2, 0.25) is 0 Å². The van der Waals surface area contributed by atoms with Gasteiger partial charge in [-0.05, 0) is 0 Å². The number of rotatable bonds is 0.